The zero-order chi connectivity index (χ0) is 14.1. The average molecular weight is 285 g/mol. The molecule has 0 amide bonds. The molecular formula is C13H19NO4S. The van der Waals surface area contributed by atoms with Gasteiger partial charge in [0.25, 0.3) is 0 Å². The highest BCUT2D eigenvalue weighted by Crippen LogP contribution is 2.36. The van der Waals surface area contributed by atoms with Crippen LogP contribution in [-0.2, 0) is 22.0 Å². The zero-order valence-corrected chi connectivity index (χ0v) is 12.0. The van der Waals surface area contributed by atoms with Crippen molar-refractivity contribution in [1.29, 1.82) is 0 Å². The molecule has 1 aromatic carbocycles. The molecule has 0 heterocycles. The van der Waals surface area contributed by atoms with E-state index in [9.17, 15) is 13.5 Å². The monoisotopic (exact) mass is 285 g/mol. The molecule has 1 atom stereocenters. The highest BCUT2D eigenvalue weighted by Gasteiger charge is 2.35. The van der Waals surface area contributed by atoms with E-state index in [0.29, 0.717) is 6.42 Å². The maximum atomic E-state index is 11.2. The highest BCUT2D eigenvalue weighted by molar-refractivity contribution is 7.88. The number of aliphatic hydroxyl groups is 1. The predicted molar refractivity (Wildman–Crippen MR) is 72.7 cm³/mol. The van der Waals surface area contributed by atoms with E-state index in [1.807, 2.05) is 12.1 Å². The first-order chi connectivity index (χ1) is 8.84. The van der Waals surface area contributed by atoms with Gasteiger partial charge >= 0.3 is 0 Å². The number of methoxy groups -OCH3 is 1. The normalized spacial score (nSPS) is 22.9. The summed E-state index contributed by atoms with van der Waals surface area (Å²) in [7, 11) is -1.71. The largest absolute Gasteiger partial charge is 0.497 e. The summed E-state index contributed by atoms with van der Waals surface area (Å²) in [6, 6.07) is 5.51. The molecule has 1 aliphatic carbocycles. The van der Waals surface area contributed by atoms with Crippen molar-refractivity contribution in [2.24, 2.45) is 0 Å². The van der Waals surface area contributed by atoms with E-state index in [0.717, 1.165) is 36.0 Å². The Morgan fingerprint density at radius 1 is 1.47 bits per heavy atom. The van der Waals surface area contributed by atoms with E-state index in [1.165, 1.54) is 0 Å². The smallest absolute Gasteiger partial charge is 0.208 e. The summed E-state index contributed by atoms with van der Waals surface area (Å²) < 4.78 is 29.9. The number of ether oxygens (including phenoxy) is 1. The third kappa shape index (κ3) is 3.26. The Balaban J connectivity index is 2.30. The van der Waals surface area contributed by atoms with Crippen molar-refractivity contribution in [2.45, 2.75) is 24.9 Å². The Kier molecular flexibility index (Phi) is 3.85. The molecule has 0 spiro atoms. The molecule has 0 fully saturated rings. The summed E-state index contributed by atoms with van der Waals surface area (Å²) >= 11 is 0. The summed E-state index contributed by atoms with van der Waals surface area (Å²) in [4.78, 5) is 0. The fourth-order valence-corrected chi connectivity index (χ4v) is 3.00. The van der Waals surface area contributed by atoms with Gasteiger partial charge in [-0.25, -0.2) is 13.1 Å². The third-order valence-electron chi connectivity index (χ3n) is 3.48. The molecule has 0 aliphatic heterocycles. The first-order valence-corrected chi connectivity index (χ1v) is 8.08. The lowest BCUT2D eigenvalue weighted by Crippen LogP contribution is -2.42. The summed E-state index contributed by atoms with van der Waals surface area (Å²) in [5, 5.41) is 10.7. The Hall–Kier alpha value is -1.11. The van der Waals surface area contributed by atoms with Crippen LogP contribution in [0.5, 0.6) is 5.75 Å². The van der Waals surface area contributed by atoms with E-state index in [-0.39, 0.29) is 6.54 Å². The van der Waals surface area contributed by atoms with Crippen LogP contribution in [0.4, 0.5) is 0 Å². The standard InChI is InChI=1S/C13H19NO4S/c1-18-11-5-6-12-10(8-11)4-3-7-13(12,15)9-14-19(2,16)17/h5-6,8,14-15H,3-4,7,9H2,1-2H3. The summed E-state index contributed by atoms with van der Waals surface area (Å²) in [6.07, 6.45) is 3.33. The van der Waals surface area contributed by atoms with E-state index in [1.54, 1.807) is 13.2 Å². The molecule has 0 aromatic heterocycles. The molecular weight excluding hydrogens is 266 g/mol. The van der Waals surface area contributed by atoms with Crippen molar-refractivity contribution in [1.82, 2.24) is 4.72 Å². The second-order valence-electron chi connectivity index (χ2n) is 5.00. The minimum atomic E-state index is -3.31. The van der Waals surface area contributed by atoms with Crippen molar-refractivity contribution in [2.75, 3.05) is 19.9 Å². The van der Waals surface area contributed by atoms with Crippen molar-refractivity contribution in [3.8, 4) is 5.75 Å². The Bertz CT molecular complexity index is 570. The van der Waals surface area contributed by atoms with Gasteiger partial charge in [0, 0.05) is 6.54 Å². The van der Waals surface area contributed by atoms with Gasteiger partial charge in [-0.3, -0.25) is 0 Å². The van der Waals surface area contributed by atoms with Gasteiger partial charge in [-0.05, 0) is 42.5 Å². The van der Waals surface area contributed by atoms with Gasteiger partial charge in [-0.2, -0.15) is 0 Å². The van der Waals surface area contributed by atoms with Crippen LogP contribution >= 0.6 is 0 Å². The van der Waals surface area contributed by atoms with Crippen LogP contribution in [0.25, 0.3) is 0 Å². The Labute approximate surface area is 113 Å². The van der Waals surface area contributed by atoms with Crippen LogP contribution in [0, 0.1) is 0 Å². The van der Waals surface area contributed by atoms with Gasteiger partial charge in [0.15, 0.2) is 0 Å². The zero-order valence-electron chi connectivity index (χ0n) is 11.1. The molecule has 106 valence electrons. The van der Waals surface area contributed by atoms with Crippen LogP contribution in [0.3, 0.4) is 0 Å². The van der Waals surface area contributed by atoms with Crippen LogP contribution < -0.4 is 9.46 Å². The van der Waals surface area contributed by atoms with Gasteiger partial charge in [0.05, 0.1) is 13.4 Å². The van der Waals surface area contributed by atoms with Crippen molar-refractivity contribution in [3.05, 3.63) is 29.3 Å². The van der Waals surface area contributed by atoms with E-state index in [4.69, 9.17) is 4.74 Å². The molecule has 0 bridgehead atoms. The molecule has 1 unspecified atom stereocenters. The fourth-order valence-electron chi connectivity index (χ4n) is 2.50. The number of hydrogen-bond acceptors (Lipinski definition) is 4. The number of sulfonamides is 1. The minimum absolute atomic E-state index is 0.00512. The summed E-state index contributed by atoms with van der Waals surface area (Å²) in [6.45, 7) is 0.00512. The van der Waals surface area contributed by atoms with Gasteiger partial charge in [-0.15, -0.1) is 0 Å². The number of rotatable bonds is 4. The number of fused-ring (bicyclic) bond motifs is 1. The molecule has 1 aliphatic rings. The van der Waals surface area contributed by atoms with Crippen molar-refractivity contribution >= 4 is 10.0 Å². The average Bonchev–Trinajstić information content (AvgIpc) is 2.36. The highest BCUT2D eigenvalue weighted by atomic mass is 32.2. The van der Waals surface area contributed by atoms with Crippen LogP contribution in [0.1, 0.15) is 24.0 Å². The van der Waals surface area contributed by atoms with E-state index < -0.39 is 15.6 Å². The second-order valence-corrected chi connectivity index (χ2v) is 6.83. The first kappa shape index (κ1) is 14.3. The molecule has 2 rings (SSSR count). The topological polar surface area (TPSA) is 75.6 Å². The molecule has 2 N–H and O–H groups in total. The quantitative estimate of drug-likeness (QED) is 0.857. The lowest BCUT2D eigenvalue weighted by atomic mass is 9.79. The lowest BCUT2D eigenvalue weighted by molar-refractivity contribution is 0.0243. The fraction of sp³-hybridized carbons (Fsp3) is 0.538. The minimum Gasteiger partial charge on any atom is -0.497 e. The third-order valence-corrected chi connectivity index (χ3v) is 4.15. The number of hydrogen-bond donors (Lipinski definition) is 2. The number of aryl methyl sites for hydroxylation is 1. The molecule has 1 aromatic rings. The number of benzene rings is 1. The molecule has 0 radical (unpaired) electrons. The lowest BCUT2D eigenvalue weighted by Gasteiger charge is -2.34. The van der Waals surface area contributed by atoms with Gasteiger partial charge in [0.2, 0.25) is 10.0 Å². The SMILES string of the molecule is COc1ccc2c(c1)CCCC2(O)CNS(C)(=O)=O. The molecule has 5 nitrogen and oxygen atoms in total. The van der Waals surface area contributed by atoms with Crippen LogP contribution in [0.15, 0.2) is 18.2 Å². The van der Waals surface area contributed by atoms with Crippen molar-refractivity contribution in [3.63, 3.8) is 0 Å². The molecule has 0 saturated heterocycles. The van der Waals surface area contributed by atoms with Crippen LogP contribution in [0.2, 0.25) is 0 Å². The second kappa shape index (κ2) is 5.11. The van der Waals surface area contributed by atoms with Crippen molar-refractivity contribution < 1.29 is 18.3 Å². The van der Waals surface area contributed by atoms with Gasteiger partial charge in [-0.1, -0.05) is 6.07 Å². The Morgan fingerprint density at radius 2 is 2.21 bits per heavy atom. The molecule has 6 heteroatoms. The maximum Gasteiger partial charge on any atom is 0.208 e. The summed E-state index contributed by atoms with van der Waals surface area (Å²) in [5.74, 6) is 0.749. The molecule has 19 heavy (non-hydrogen) atoms. The molecule has 0 saturated carbocycles. The van der Waals surface area contributed by atoms with E-state index >= 15 is 0 Å². The Morgan fingerprint density at radius 3 is 2.84 bits per heavy atom. The summed E-state index contributed by atoms with van der Waals surface area (Å²) in [5.41, 5.74) is 0.669. The first-order valence-electron chi connectivity index (χ1n) is 6.18. The van der Waals surface area contributed by atoms with Crippen LogP contribution in [-0.4, -0.2) is 33.4 Å². The van der Waals surface area contributed by atoms with E-state index in [2.05, 4.69) is 4.72 Å². The van der Waals surface area contributed by atoms with Gasteiger partial charge in [0.1, 0.15) is 11.4 Å². The van der Waals surface area contributed by atoms with Gasteiger partial charge < -0.3 is 9.84 Å². The predicted octanol–water partition coefficient (Wildman–Crippen LogP) is 0.768. The maximum absolute atomic E-state index is 11.2. The number of nitrogens with one attached hydrogen (secondary N) is 1.